The lowest BCUT2D eigenvalue weighted by Crippen LogP contribution is -2.11. The Morgan fingerprint density at radius 1 is 1.06 bits per heavy atom. The number of rotatable bonds is 3. The lowest BCUT2D eigenvalue weighted by Gasteiger charge is -2.21. The summed E-state index contributed by atoms with van der Waals surface area (Å²) in [4.78, 5) is 0. The van der Waals surface area contributed by atoms with Crippen molar-refractivity contribution in [2.24, 2.45) is 0 Å². The summed E-state index contributed by atoms with van der Waals surface area (Å²) in [5, 5.41) is 2.33. The summed E-state index contributed by atoms with van der Waals surface area (Å²) in [6.45, 7) is 6.89. The van der Waals surface area contributed by atoms with Gasteiger partial charge in [-0.05, 0) is 22.4 Å². The van der Waals surface area contributed by atoms with E-state index in [9.17, 15) is 0 Å². The lowest BCUT2D eigenvalue weighted by atomic mass is 9.85. The van der Waals surface area contributed by atoms with Crippen LogP contribution < -0.4 is 4.74 Å². The quantitative estimate of drug-likeness (QED) is 0.756. The van der Waals surface area contributed by atoms with Gasteiger partial charge in [0.05, 0.1) is 0 Å². The normalized spacial score (nSPS) is 11.8. The first kappa shape index (κ1) is 12.9. The molecular weight excluding hydrogens is 224 g/mol. The van der Waals surface area contributed by atoms with Gasteiger partial charge < -0.3 is 9.47 Å². The molecular formula is C16H20O2. The number of methoxy groups -OCH3 is 1. The average Bonchev–Trinajstić information content (AvgIpc) is 2.34. The van der Waals surface area contributed by atoms with Crippen molar-refractivity contribution in [2.45, 2.75) is 26.2 Å². The molecule has 2 heteroatoms. The van der Waals surface area contributed by atoms with Gasteiger partial charge in [-0.3, -0.25) is 0 Å². The van der Waals surface area contributed by atoms with E-state index in [1.165, 1.54) is 10.9 Å². The summed E-state index contributed by atoms with van der Waals surface area (Å²) in [7, 11) is 1.63. The number of benzene rings is 2. The molecule has 0 bridgehead atoms. The second-order valence-corrected chi connectivity index (χ2v) is 5.50. The predicted molar refractivity (Wildman–Crippen MR) is 75.2 cm³/mol. The van der Waals surface area contributed by atoms with E-state index in [-0.39, 0.29) is 12.2 Å². The van der Waals surface area contributed by atoms with Gasteiger partial charge in [-0.15, -0.1) is 0 Å². The Balaban J connectivity index is 2.57. The van der Waals surface area contributed by atoms with Crippen LogP contribution in [0.3, 0.4) is 0 Å². The SMILES string of the molecule is COCOc1cc(C(C)(C)C)cc2ccccc12. The van der Waals surface area contributed by atoms with Crippen LogP contribution in [-0.4, -0.2) is 13.9 Å². The molecule has 0 heterocycles. The minimum absolute atomic E-state index is 0.106. The van der Waals surface area contributed by atoms with Crippen molar-refractivity contribution in [2.75, 3.05) is 13.9 Å². The molecule has 96 valence electrons. The summed E-state index contributed by atoms with van der Waals surface area (Å²) in [5.74, 6) is 0.889. The Morgan fingerprint density at radius 2 is 1.78 bits per heavy atom. The fraction of sp³-hybridized carbons (Fsp3) is 0.375. The van der Waals surface area contributed by atoms with Crippen LogP contribution in [0.4, 0.5) is 0 Å². The highest BCUT2D eigenvalue weighted by atomic mass is 16.7. The summed E-state index contributed by atoms with van der Waals surface area (Å²) < 4.78 is 10.7. The number of fused-ring (bicyclic) bond motifs is 1. The van der Waals surface area contributed by atoms with E-state index in [0.29, 0.717) is 0 Å². The van der Waals surface area contributed by atoms with E-state index in [1.54, 1.807) is 7.11 Å². The molecule has 0 unspecified atom stereocenters. The third-order valence-corrected chi connectivity index (χ3v) is 3.02. The first-order valence-corrected chi connectivity index (χ1v) is 6.17. The molecule has 0 saturated heterocycles. The highest BCUT2D eigenvalue weighted by molar-refractivity contribution is 5.89. The third-order valence-electron chi connectivity index (χ3n) is 3.02. The van der Waals surface area contributed by atoms with Gasteiger partial charge in [-0.1, -0.05) is 51.1 Å². The van der Waals surface area contributed by atoms with Crippen molar-refractivity contribution in [3.8, 4) is 5.75 Å². The molecule has 18 heavy (non-hydrogen) atoms. The monoisotopic (exact) mass is 244 g/mol. The highest BCUT2D eigenvalue weighted by Gasteiger charge is 2.16. The van der Waals surface area contributed by atoms with E-state index in [0.717, 1.165) is 11.1 Å². The first-order chi connectivity index (χ1) is 8.52. The molecule has 0 amide bonds. The summed E-state index contributed by atoms with van der Waals surface area (Å²) in [6.07, 6.45) is 0. The molecule has 0 aliphatic rings. The van der Waals surface area contributed by atoms with Crippen LogP contribution >= 0.6 is 0 Å². The second kappa shape index (κ2) is 4.99. The molecule has 0 radical (unpaired) electrons. The Bertz CT molecular complexity index is 538. The van der Waals surface area contributed by atoms with Gasteiger partial charge in [0.2, 0.25) is 0 Å². The Kier molecular flexibility index (Phi) is 3.58. The van der Waals surface area contributed by atoms with Gasteiger partial charge in [-0.2, -0.15) is 0 Å². The number of ether oxygens (including phenoxy) is 2. The van der Waals surface area contributed by atoms with E-state index in [1.807, 2.05) is 6.07 Å². The van der Waals surface area contributed by atoms with E-state index in [2.05, 4.69) is 51.1 Å². The van der Waals surface area contributed by atoms with Crippen molar-refractivity contribution < 1.29 is 9.47 Å². The number of hydrogen-bond acceptors (Lipinski definition) is 2. The fourth-order valence-corrected chi connectivity index (χ4v) is 1.95. The minimum Gasteiger partial charge on any atom is -0.467 e. The lowest BCUT2D eigenvalue weighted by molar-refractivity contribution is 0.0521. The van der Waals surface area contributed by atoms with Crippen LogP contribution in [-0.2, 0) is 10.2 Å². The van der Waals surface area contributed by atoms with Gasteiger partial charge in [0.15, 0.2) is 6.79 Å². The summed E-state index contributed by atoms with van der Waals surface area (Å²) >= 11 is 0. The first-order valence-electron chi connectivity index (χ1n) is 6.17. The Morgan fingerprint density at radius 3 is 2.44 bits per heavy atom. The summed E-state index contributed by atoms with van der Waals surface area (Å²) in [6, 6.07) is 12.6. The van der Waals surface area contributed by atoms with Crippen molar-refractivity contribution in [3.05, 3.63) is 42.0 Å². The smallest absolute Gasteiger partial charge is 0.188 e. The van der Waals surface area contributed by atoms with Crippen LogP contribution in [0, 0.1) is 0 Å². The van der Waals surface area contributed by atoms with E-state index in [4.69, 9.17) is 9.47 Å². The van der Waals surface area contributed by atoms with Crippen molar-refractivity contribution in [1.82, 2.24) is 0 Å². The zero-order chi connectivity index (χ0) is 13.2. The van der Waals surface area contributed by atoms with Gasteiger partial charge in [0.25, 0.3) is 0 Å². The standard InChI is InChI=1S/C16H20O2/c1-16(2,3)13-9-12-7-5-6-8-14(12)15(10-13)18-11-17-4/h5-10H,11H2,1-4H3. The zero-order valence-electron chi connectivity index (χ0n) is 11.5. The molecule has 0 fully saturated rings. The predicted octanol–water partition coefficient (Wildman–Crippen LogP) is 4.12. The Hall–Kier alpha value is -1.54. The van der Waals surface area contributed by atoms with Crippen LogP contribution in [0.5, 0.6) is 5.75 Å². The van der Waals surface area contributed by atoms with Gasteiger partial charge in [0.1, 0.15) is 5.75 Å². The fourth-order valence-electron chi connectivity index (χ4n) is 1.95. The largest absolute Gasteiger partial charge is 0.467 e. The molecule has 0 saturated carbocycles. The molecule has 0 aliphatic carbocycles. The topological polar surface area (TPSA) is 18.5 Å². The molecule has 2 rings (SSSR count). The Labute approximate surface area is 109 Å². The molecule has 0 spiro atoms. The van der Waals surface area contributed by atoms with Gasteiger partial charge >= 0.3 is 0 Å². The van der Waals surface area contributed by atoms with Crippen LogP contribution in [0.25, 0.3) is 10.8 Å². The zero-order valence-corrected chi connectivity index (χ0v) is 11.5. The third kappa shape index (κ3) is 2.65. The average molecular weight is 244 g/mol. The molecule has 2 nitrogen and oxygen atoms in total. The van der Waals surface area contributed by atoms with Crippen molar-refractivity contribution >= 4 is 10.8 Å². The second-order valence-electron chi connectivity index (χ2n) is 5.50. The maximum absolute atomic E-state index is 5.68. The van der Waals surface area contributed by atoms with Gasteiger partial charge in [0, 0.05) is 12.5 Å². The molecule has 0 atom stereocenters. The molecule has 0 aliphatic heterocycles. The molecule has 0 N–H and O–H groups in total. The molecule has 2 aromatic rings. The minimum atomic E-state index is 0.106. The van der Waals surface area contributed by atoms with Crippen molar-refractivity contribution in [1.29, 1.82) is 0 Å². The van der Waals surface area contributed by atoms with E-state index >= 15 is 0 Å². The van der Waals surface area contributed by atoms with Crippen LogP contribution in [0.15, 0.2) is 36.4 Å². The number of hydrogen-bond donors (Lipinski definition) is 0. The van der Waals surface area contributed by atoms with Gasteiger partial charge in [-0.25, -0.2) is 0 Å². The van der Waals surface area contributed by atoms with E-state index < -0.39 is 0 Å². The highest BCUT2D eigenvalue weighted by Crippen LogP contribution is 2.33. The maximum atomic E-state index is 5.68. The van der Waals surface area contributed by atoms with Crippen LogP contribution in [0.1, 0.15) is 26.3 Å². The van der Waals surface area contributed by atoms with Crippen LogP contribution in [0.2, 0.25) is 0 Å². The van der Waals surface area contributed by atoms with Crippen molar-refractivity contribution in [3.63, 3.8) is 0 Å². The summed E-state index contributed by atoms with van der Waals surface area (Å²) in [5.41, 5.74) is 1.38. The molecule has 0 aromatic heterocycles. The molecule has 2 aromatic carbocycles. The maximum Gasteiger partial charge on any atom is 0.188 e.